The smallest absolute Gasteiger partial charge is 0.314 e. The maximum Gasteiger partial charge on any atom is 0.314 e. The zero-order chi connectivity index (χ0) is 16.7. The standard InChI is InChI=1S/C16H19N3O4/c1-3-16(22-2,12-7-5-4-6-8-12)11-17-14(20)15(21)18-13-9-10-23-19-13/h4-10H,3,11H2,1-2H3,(H,17,20)(H,18,19,21)/t16-/m0/s1. The fourth-order valence-corrected chi connectivity index (χ4v) is 2.26. The lowest BCUT2D eigenvalue weighted by atomic mass is 9.90. The molecule has 1 aromatic heterocycles. The Morgan fingerprint density at radius 1 is 1.22 bits per heavy atom. The second-order valence-electron chi connectivity index (χ2n) is 4.94. The lowest BCUT2D eigenvalue weighted by Gasteiger charge is -2.32. The Morgan fingerprint density at radius 2 is 1.96 bits per heavy atom. The van der Waals surface area contributed by atoms with E-state index < -0.39 is 17.4 Å². The van der Waals surface area contributed by atoms with Gasteiger partial charge < -0.3 is 14.6 Å². The van der Waals surface area contributed by atoms with Crippen molar-refractivity contribution in [1.29, 1.82) is 0 Å². The van der Waals surface area contributed by atoms with Gasteiger partial charge >= 0.3 is 11.8 Å². The van der Waals surface area contributed by atoms with Crippen molar-refractivity contribution in [2.24, 2.45) is 0 Å². The Hall–Kier alpha value is -2.67. The molecule has 0 aliphatic rings. The normalized spacial score (nSPS) is 13.1. The number of anilines is 1. The minimum Gasteiger partial charge on any atom is -0.372 e. The molecule has 2 amide bonds. The van der Waals surface area contributed by atoms with Gasteiger partial charge in [0, 0.05) is 13.2 Å². The zero-order valence-electron chi connectivity index (χ0n) is 13.0. The van der Waals surface area contributed by atoms with E-state index in [0.717, 1.165) is 5.56 Å². The molecule has 0 fully saturated rings. The van der Waals surface area contributed by atoms with Crippen molar-refractivity contribution in [3.05, 3.63) is 48.2 Å². The number of carbonyl (C=O) groups is 2. The van der Waals surface area contributed by atoms with Gasteiger partial charge in [0.2, 0.25) is 0 Å². The number of carbonyl (C=O) groups excluding carboxylic acids is 2. The number of hydrogen-bond donors (Lipinski definition) is 2. The van der Waals surface area contributed by atoms with Gasteiger partial charge in [-0.1, -0.05) is 42.4 Å². The van der Waals surface area contributed by atoms with E-state index in [1.54, 1.807) is 7.11 Å². The average molecular weight is 317 g/mol. The highest BCUT2D eigenvalue weighted by atomic mass is 16.5. The first-order chi connectivity index (χ1) is 11.1. The van der Waals surface area contributed by atoms with Crippen molar-refractivity contribution in [3.63, 3.8) is 0 Å². The molecule has 2 N–H and O–H groups in total. The third-order valence-electron chi connectivity index (χ3n) is 3.68. The molecular formula is C16H19N3O4. The molecule has 0 bridgehead atoms. The largest absolute Gasteiger partial charge is 0.372 e. The van der Waals surface area contributed by atoms with Gasteiger partial charge in [-0.2, -0.15) is 0 Å². The van der Waals surface area contributed by atoms with Crippen LogP contribution in [-0.4, -0.2) is 30.6 Å². The predicted molar refractivity (Wildman–Crippen MR) is 83.6 cm³/mol. The average Bonchev–Trinajstić information content (AvgIpc) is 3.10. The summed E-state index contributed by atoms with van der Waals surface area (Å²) in [5.74, 6) is -1.39. The molecule has 1 atom stereocenters. The van der Waals surface area contributed by atoms with E-state index in [1.165, 1.54) is 12.3 Å². The minimum atomic E-state index is -0.812. The molecule has 122 valence electrons. The fourth-order valence-electron chi connectivity index (χ4n) is 2.26. The molecule has 23 heavy (non-hydrogen) atoms. The number of ether oxygens (including phenoxy) is 1. The molecule has 2 aromatic rings. The van der Waals surface area contributed by atoms with Crippen molar-refractivity contribution >= 4 is 17.6 Å². The number of methoxy groups -OCH3 is 1. The van der Waals surface area contributed by atoms with E-state index in [1.807, 2.05) is 37.3 Å². The van der Waals surface area contributed by atoms with Gasteiger partial charge in [0.15, 0.2) is 5.82 Å². The van der Waals surface area contributed by atoms with Crippen molar-refractivity contribution in [2.75, 3.05) is 19.0 Å². The van der Waals surface area contributed by atoms with Gasteiger partial charge in [-0.25, -0.2) is 0 Å². The van der Waals surface area contributed by atoms with Crippen molar-refractivity contribution < 1.29 is 18.8 Å². The summed E-state index contributed by atoms with van der Waals surface area (Å²) in [4.78, 5) is 23.7. The van der Waals surface area contributed by atoms with Crippen molar-refractivity contribution in [3.8, 4) is 0 Å². The number of nitrogens with zero attached hydrogens (tertiary/aromatic N) is 1. The molecule has 7 heteroatoms. The lowest BCUT2D eigenvalue weighted by molar-refractivity contribution is -0.137. The number of rotatable bonds is 6. The van der Waals surface area contributed by atoms with Crippen LogP contribution < -0.4 is 10.6 Å². The van der Waals surface area contributed by atoms with Crippen LogP contribution >= 0.6 is 0 Å². The van der Waals surface area contributed by atoms with Crippen molar-refractivity contribution in [2.45, 2.75) is 18.9 Å². The van der Waals surface area contributed by atoms with Crippen LogP contribution in [0.2, 0.25) is 0 Å². The second kappa shape index (κ2) is 7.55. The molecule has 0 saturated heterocycles. The highest BCUT2D eigenvalue weighted by Crippen LogP contribution is 2.27. The summed E-state index contributed by atoms with van der Waals surface area (Å²) in [5.41, 5.74) is 0.243. The third kappa shape index (κ3) is 3.95. The van der Waals surface area contributed by atoms with Crippen LogP contribution in [0.1, 0.15) is 18.9 Å². The van der Waals surface area contributed by atoms with E-state index in [2.05, 4.69) is 20.3 Å². The van der Waals surface area contributed by atoms with E-state index in [0.29, 0.717) is 6.42 Å². The maximum atomic E-state index is 11.9. The van der Waals surface area contributed by atoms with Crippen LogP contribution in [0.15, 0.2) is 47.2 Å². The summed E-state index contributed by atoms with van der Waals surface area (Å²) in [7, 11) is 1.58. The van der Waals surface area contributed by atoms with Gasteiger partial charge in [0.05, 0.1) is 6.54 Å². The summed E-state index contributed by atoms with van der Waals surface area (Å²) in [6, 6.07) is 11.0. The number of benzene rings is 1. The van der Waals surface area contributed by atoms with Gasteiger partial charge in [0.25, 0.3) is 0 Å². The molecule has 0 aliphatic carbocycles. The minimum absolute atomic E-state index is 0.176. The van der Waals surface area contributed by atoms with Gasteiger partial charge in [-0.3, -0.25) is 14.9 Å². The topological polar surface area (TPSA) is 93.5 Å². The van der Waals surface area contributed by atoms with E-state index in [-0.39, 0.29) is 12.4 Å². The van der Waals surface area contributed by atoms with Gasteiger partial charge in [0.1, 0.15) is 11.9 Å². The zero-order valence-corrected chi connectivity index (χ0v) is 13.0. The highest BCUT2D eigenvalue weighted by molar-refractivity contribution is 6.39. The van der Waals surface area contributed by atoms with Crippen LogP contribution in [0.4, 0.5) is 5.82 Å². The second-order valence-corrected chi connectivity index (χ2v) is 4.94. The summed E-state index contributed by atoms with van der Waals surface area (Å²) in [6.45, 7) is 2.13. The van der Waals surface area contributed by atoms with Crippen LogP contribution in [0.3, 0.4) is 0 Å². The summed E-state index contributed by atoms with van der Waals surface area (Å²) in [6.07, 6.45) is 1.94. The molecule has 1 aromatic carbocycles. The van der Waals surface area contributed by atoms with Crippen LogP contribution in [-0.2, 0) is 19.9 Å². The van der Waals surface area contributed by atoms with E-state index in [9.17, 15) is 9.59 Å². The first-order valence-corrected chi connectivity index (χ1v) is 7.21. The Labute approximate surface area is 134 Å². The molecule has 0 unspecified atom stereocenters. The molecule has 0 spiro atoms. The predicted octanol–water partition coefficient (Wildman–Crippen LogP) is 1.68. The SMILES string of the molecule is CC[C@@](CNC(=O)C(=O)Nc1ccon1)(OC)c1ccccc1. The van der Waals surface area contributed by atoms with Crippen LogP contribution in [0.5, 0.6) is 0 Å². The first kappa shape index (κ1) is 16.7. The maximum absolute atomic E-state index is 11.9. The molecular weight excluding hydrogens is 298 g/mol. The quantitative estimate of drug-likeness (QED) is 0.791. The van der Waals surface area contributed by atoms with Crippen LogP contribution in [0, 0.1) is 0 Å². The number of hydrogen-bond acceptors (Lipinski definition) is 5. The Kier molecular flexibility index (Phi) is 5.48. The molecule has 0 saturated carbocycles. The Bertz CT molecular complexity index is 637. The monoisotopic (exact) mass is 317 g/mol. The number of aromatic nitrogens is 1. The van der Waals surface area contributed by atoms with Gasteiger partial charge in [-0.05, 0) is 12.0 Å². The van der Waals surface area contributed by atoms with Gasteiger partial charge in [-0.15, -0.1) is 0 Å². The van der Waals surface area contributed by atoms with Crippen molar-refractivity contribution in [1.82, 2.24) is 10.5 Å². The van der Waals surface area contributed by atoms with E-state index in [4.69, 9.17) is 4.74 Å². The molecule has 0 aliphatic heterocycles. The first-order valence-electron chi connectivity index (χ1n) is 7.21. The fraction of sp³-hybridized carbons (Fsp3) is 0.312. The molecule has 0 radical (unpaired) electrons. The molecule has 7 nitrogen and oxygen atoms in total. The van der Waals surface area contributed by atoms with E-state index >= 15 is 0 Å². The molecule has 2 rings (SSSR count). The lowest BCUT2D eigenvalue weighted by Crippen LogP contribution is -2.45. The Morgan fingerprint density at radius 3 is 2.52 bits per heavy atom. The number of amides is 2. The number of nitrogens with one attached hydrogen (secondary N) is 2. The Balaban J connectivity index is 2.01. The molecule has 1 heterocycles. The summed E-state index contributed by atoms with van der Waals surface area (Å²) >= 11 is 0. The third-order valence-corrected chi connectivity index (χ3v) is 3.68. The summed E-state index contributed by atoms with van der Waals surface area (Å²) < 4.78 is 10.2. The highest BCUT2D eigenvalue weighted by Gasteiger charge is 2.31. The summed E-state index contributed by atoms with van der Waals surface area (Å²) in [5, 5.41) is 8.45. The van der Waals surface area contributed by atoms with Crippen LogP contribution in [0.25, 0.3) is 0 Å².